The number of halogens is 1. The summed E-state index contributed by atoms with van der Waals surface area (Å²) in [5.41, 5.74) is 2.64. The predicted molar refractivity (Wildman–Crippen MR) is 87.3 cm³/mol. The molecule has 104 valence electrons. The number of nitrogens with one attached hydrogen (secondary N) is 2. The zero-order valence-electron chi connectivity index (χ0n) is 11.5. The van der Waals surface area contributed by atoms with Gasteiger partial charge in [-0.15, -0.1) is 0 Å². The number of hydrogen-bond donors (Lipinski definition) is 2. The molecule has 3 nitrogen and oxygen atoms in total. The van der Waals surface area contributed by atoms with Crippen LogP contribution in [0.15, 0.2) is 53.0 Å². The third-order valence-electron chi connectivity index (χ3n) is 2.83. The monoisotopic (exact) mass is 332 g/mol. The Kier molecular flexibility index (Phi) is 4.79. The quantitative estimate of drug-likeness (QED) is 0.845. The molecule has 0 unspecified atom stereocenters. The van der Waals surface area contributed by atoms with Crippen molar-refractivity contribution >= 4 is 38.9 Å². The largest absolute Gasteiger partial charge is 0.354 e. The zero-order valence-corrected chi connectivity index (χ0v) is 13.1. The fourth-order valence-electron chi connectivity index (χ4n) is 1.67. The molecule has 0 saturated carbocycles. The Morgan fingerprint density at radius 3 is 2.20 bits per heavy atom. The van der Waals surface area contributed by atoms with Crippen molar-refractivity contribution < 1.29 is 4.79 Å². The molecule has 2 aromatic rings. The fraction of sp³-hybridized carbons (Fsp3) is 0.188. The normalized spacial score (nSPS) is 10.4. The summed E-state index contributed by atoms with van der Waals surface area (Å²) in [5.74, 6) is -0.0363. The van der Waals surface area contributed by atoms with E-state index >= 15 is 0 Å². The Bertz CT molecular complexity index is 594. The Morgan fingerprint density at radius 2 is 1.60 bits per heavy atom. The number of anilines is 3. The molecular formula is C16H17BrN2O. The lowest BCUT2D eigenvalue weighted by Gasteiger charge is -2.14. The van der Waals surface area contributed by atoms with Gasteiger partial charge < -0.3 is 10.6 Å². The van der Waals surface area contributed by atoms with Gasteiger partial charge in [0.2, 0.25) is 5.91 Å². The third-order valence-corrected chi connectivity index (χ3v) is 3.36. The summed E-state index contributed by atoms with van der Waals surface area (Å²) in [7, 11) is 0. The van der Waals surface area contributed by atoms with E-state index in [1.54, 1.807) is 0 Å². The second kappa shape index (κ2) is 6.57. The number of amides is 1. The van der Waals surface area contributed by atoms with Crippen LogP contribution in [0.25, 0.3) is 0 Å². The van der Waals surface area contributed by atoms with Crippen molar-refractivity contribution in [2.75, 3.05) is 10.6 Å². The van der Waals surface area contributed by atoms with Gasteiger partial charge in [-0.2, -0.15) is 0 Å². The van der Waals surface area contributed by atoms with Crippen LogP contribution in [0.4, 0.5) is 17.1 Å². The van der Waals surface area contributed by atoms with E-state index in [0.29, 0.717) is 0 Å². The maximum Gasteiger partial charge on any atom is 0.226 e. The maximum atomic E-state index is 11.8. The third kappa shape index (κ3) is 3.84. The average molecular weight is 333 g/mol. The topological polar surface area (TPSA) is 41.1 Å². The number of hydrogen-bond acceptors (Lipinski definition) is 2. The lowest BCUT2D eigenvalue weighted by atomic mass is 10.2. The first-order chi connectivity index (χ1) is 9.56. The molecule has 0 saturated heterocycles. The highest BCUT2D eigenvalue weighted by molar-refractivity contribution is 9.10. The Morgan fingerprint density at radius 1 is 1.00 bits per heavy atom. The van der Waals surface area contributed by atoms with E-state index in [9.17, 15) is 4.79 Å². The minimum atomic E-state index is -0.0456. The molecule has 2 aromatic carbocycles. The van der Waals surface area contributed by atoms with Crippen LogP contribution in [0.5, 0.6) is 0 Å². The molecule has 1 amide bonds. The van der Waals surface area contributed by atoms with E-state index in [-0.39, 0.29) is 11.8 Å². The van der Waals surface area contributed by atoms with E-state index < -0.39 is 0 Å². The van der Waals surface area contributed by atoms with Gasteiger partial charge in [-0.25, -0.2) is 0 Å². The molecule has 0 aliphatic carbocycles. The number of para-hydroxylation sites is 2. The van der Waals surface area contributed by atoms with Crippen molar-refractivity contribution in [3.8, 4) is 0 Å². The van der Waals surface area contributed by atoms with Crippen LogP contribution in [0.1, 0.15) is 13.8 Å². The minimum absolute atomic E-state index is 0.00931. The van der Waals surface area contributed by atoms with Crippen LogP contribution < -0.4 is 10.6 Å². The molecule has 0 spiro atoms. The van der Waals surface area contributed by atoms with Gasteiger partial charge in [0.15, 0.2) is 0 Å². The number of benzene rings is 2. The summed E-state index contributed by atoms with van der Waals surface area (Å²) in [6, 6.07) is 15.6. The molecule has 20 heavy (non-hydrogen) atoms. The van der Waals surface area contributed by atoms with Gasteiger partial charge in [0.1, 0.15) is 0 Å². The maximum absolute atomic E-state index is 11.8. The Balaban J connectivity index is 2.19. The summed E-state index contributed by atoms with van der Waals surface area (Å²) < 4.78 is 1.03. The molecule has 0 aliphatic rings. The van der Waals surface area contributed by atoms with Crippen molar-refractivity contribution in [1.29, 1.82) is 0 Å². The van der Waals surface area contributed by atoms with Crippen LogP contribution in [-0.4, -0.2) is 5.91 Å². The summed E-state index contributed by atoms with van der Waals surface area (Å²) in [5, 5.41) is 6.24. The van der Waals surface area contributed by atoms with E-state index in [2.05, 4.69) is 26.6 Å². The van der Waals surface area contributed by atoms with Gasteiger partial charge in [-0.05, 0) is 36.4 Å². The molecule has 0 atom stereocenters. The summed E-state index contributed by atoms with van der Waals surface area (Å²) in [4.78, 5) is 11.8. The van der Waals surface area contributed by atoms with Gasteiger partial charge in [-0.3, -0.25) is 4.79 Å². The lowest BCUT2D eigenvalue weighted by Crippen LogP contribution is -2.18. The van der Waals surface area contributed by atoms with Crippen molar-refractivity contribution in [2.24, 2.45) is 5.92 Å². The van der Waals surface area contributed by atoms with Crippen LogP contribution >= 0.6 is 15.9 Å². The highest BCUT2D eigenvalue weighted by Gasteiger charge is 2.09. The van der Waals surface area contributed by atoms with Crippen molar-refractivity contribution in [1.82, 2.24) is 0 Å². The summed E-state index contributed by atoms with van der Waals surface area (Å²) in [6.45, 7) is 3.75. The molecule has 0 radical (unpaired) electrons. The number of rotatable bonds is 4. The Hall–Kier alpha value is -1.81. The van der Waals surface area contributed by atoms with Gasteiger partial charge in [-0.1, -0.05) is 41.9 Å². The second-order valence-electron chi connectivity index (χ2n) is 4.82. The summed E-state index contributed by atoms with van der Waals surface area (Å²) >= 11 is 3.41. The van der Waals surface area contributed by atoms with E-state index in [1.807, 2.05) is 62.4 Å². The first-order valence-electron chi connectivity index (χ1n) is 6.49. The smallest absolute Gasteiger partial charge is 0.226 e. The van der Waals surface area contributed by atoms with Gasteiger partial charge in [0.05, 0.1) is 11.4 Å². The van der Waals surface area contributed by atoms with E-state index in [1.165, 1.54) is 0 Å². The van der Waals surface area contributed by atoms with Crippen molar-refractivity contribution in [3.63, 3.8) is 0 Å². The highest BCUT2D eigenvalue weighted by atomic mass is 79.9. The first-order valence-corrected chi connectivity index (χ1v) is 7.28. The van der Waals surface area contributed by atoms with E-state index in [0.717, 1.165) is 21.5 Å². The van der Waals surface area contributed by atoms with Crippen molar-refractivity contribution in [2.45, 2.75) is 13.8 Å². The predicted octanol–water partition coefficient (Wildman–Crippen LogP) is 4.79. The molecule has 4 heteroatoms. The molecule has 2 rings (SSSR count). The second-order valence-corrected chi connectivity index (χ2v) is 5.74. The highest BCUT2D eigenvalue weighted by Crippen LogP contribution is 2.26. The standard InChI is InChI=1S/C16H17BrN2O/c1-11(2)16(20)19-15-6-4-3-5-14(15)18-13-9-7-12(17)8-10-13/h3-11,18H,1-2H3,(H,19,20). The number of carbonyl (C=O) groups is 1. The Labute approximate surface area is 127 Å². The molecule has 0 bridgehead atoms. The van der Waals surface area contributed by atoms with Crippen molar-refractivity contribution in [3.05, 3.63) is 53.0 Å². The van der Waals surface area contributed by atoms with Crippen LogP contribution in [-0.2, 0) is 4.79 Å². The molecular weight excluding hydrogens is 316 g/mol. The fourth-order valence-corrected chi connectivity index (χ4v) is 1.93. The lowest BCUT2D eigenvalue weighted by molar-refractivity contribution is -0.118. The molecule has 0 heterocycles. The molecule has 0 aliphatic heterocycles. The molecule has 0 aromatic heterocycles. The van der Waals surface area contributed by atoms with Crippen LogP contribution in [0, 0.1) is 5.92 Å². The first kappa shape index (κ1) is 14.6. The minimum Gasteiger partial charge on any atom is -0.354 e. The van der Waals surface area contributed by atoms with Crippen LogP contribution in [0.2, 0.25) is 0 Å². The van der Waals surface area contributed by atoms with E-state index in [4.69, 9.17) is 0 Å². The van der Waals surface area contributed by atoms with Gasteiger partial charge in [0.25, 0.3) is 0 Å². The number of carbonyl (C=O) groups excluding carboxylic acids is 1. The average Bonchev–Trinajstić information content (AvgIpc) is 2.43. The summed E-state index contributed by atoms with van der Waals surface area (Å²) in [6.07, 6.45) is 0. The van der Waals surface area contributed by atoms with Gasteiger partial charge in [0, 0.05) is 16.1 Å². The molecule has 0 fully saturated rings. The molecule has 2 N–H and O–H groups in total. The van der Waals surface area contributed by atoms with Gasteiger partial charge >= 0.3 is 0 Å². The SMILES string of the molecule is CC(C)C(=O)Nc1ccccc1Nc1ccc(Br)cc1. The van der Waals surface area contributed by atoms with Crippen LogP contribution in [0.3, 0.4) is 0 Å². The zero-order chi connectivity index (χ0) is 14.5.